The van der Waals surface area contributed by atoms with E-state index in [-0.39, 0.29) is 0 Å². The average Bonchev–Trinajstić information content (AvgIpc) is 3.14. The number of aryl methyl sites for hydroxylation is 3. The van der Waals surface area contributed by atoms with Gasteiger partial charge in [-0.1, -0.05) is 50.3 Å². The lowest BCUT2D eigenvalue weighted by molar-refractivity contribution is 0.143. The van der Waals surface area contributed by atoms with Crippen molar-refractivity contribution in [2.75, 3.05) is 39.3 Å². The van der Waals surface area contributed by atoms with E-state index in [0.717, 1.165) is 42.2 Å². The summed E-state index contributed by atoms with van der Waals surface area (Å²) in [5.74, 6) is 1.10. The van der Waals surface area contributed by atoms with Gasteiger partial charge < -0.3 is 9.47 Å². The van der Waals surface area contributed by atoms with Gasteiger partial charge in [-0.3, -0.25) is 4.90 Å². The van der Waals surface area contributed by atoms with Gasteiger partial charge in [0, 0.05) is 44.8 Å². The van der Waals surface area contributed by atoms with E-state index in [2.05, 4.69) is 84.5 Å². The van der Waals surface area contributed by atoms with Crippen LogP contribution in [0.15, 0.2) is 36.4 Å². The Morgan fingerprint density at radius 3 is 2.34 bits per heavy atom. The highest BCUT2D eigenvalue weighted by Crippen LogP contribution is 2.21. The van der Waals surface area contributed by atoms with E-state index >= 15 is 0 Å². The molecule has 0 saturated carbocycles. The Labute approximate surface area is 192 Å². The summed E-state index contributed by atoms with van der Waals surface area (Å²) in [6, 6.07) is 11.0. The number of fused-ring (bicyclic) bond motifs is 1. The molecule has 32 heavy (non-hydrogen) atoms. The normalized spacial score (nSPS) is 15.9. The highest BCUT2D eigenvalue weighted by molar-refractivity contribution is 5.76. The van der Waals surface area contributed by atoms with Crippen molar-refractivity contribution in [1.82, 2.24) is 24.3 Å². The Hall–Kier alpha value is -2.50. The molecule has 0 amide bonds. The lowest BCUT2D eigenvalue weighted by Gasteiger charge is -2.33. The van der Waals surface area contributed by atoms with Crippen LogP contribution in [0.2, 0.25) is 0 Å². The Morgan fingerprint density at radius 1 is 0.938 bits per heavy atom. The van der Waals surface area contributed by atoms with E-state index in [4.69, 9.17) is 9.97 Å². The van der Waals surface area contributed by atoms with Crippen LogP contribution in [-0.2, 0) is 13.0 Å². The zero-order valence-corrected chi connectivity index (χ0v) is 20.1. The van der Waals surface area contributed by atoms with Crippen molar-refractivity contribution in [3.63, 3.8) is 0 Å². The summed E-state index contributed by atoms with van der Waals surface area (Å²) < 4.78 is 2.28. The zero-order chi connectivity index (χ0) is 22.5. The molecule has 1 aliphatic heterocycles. The lowest BCUT2D eigenvalue weighted by atomic mass is 10.1. The molecule has 1 aliphatic rings. The molecule has 0 unspecified atom stereocenters. The highest BCUT2D eigenvalue weighted by atomic mass is 15.3. The quantitative estimate of drug-likeness (QED) is 0.518. The minimum absolute atomic E-state index is 0.807. The first-order valence-electron chi connectivity index (χ1n) is 12.1. The van der Waals surface area contributed by atoms with E-state index in [1.54, 1.807) is 0 Å². The van der Waals surface area contributed by atoms with Crippen LogP contribution in [-0.4, -0.2) is 63.6 Å². The largest absolute Gasteiger partial charge is 0.308 e. The summed E-state index contributed by atoms with van der Waals surface area (Å²) >= 11 is 0. The summed E-state index contributed by atoms with van der Waals surface area (Å²) in [6.07, 6.45) is 6.71. The molecule has 3 heterocycles. The third-order valence-electron chi connectivity index (χ3n) is 6.42. The number of hydrogen-bond donors (Lipinski definition) is 0. The maximum Gasteiger partial charge on any atom is 0.160 e. The monoisotopic (exact) mass is 431 g/mol. The molecule has 1 fully saturated rings. The number of benzene rings is 1. The summed E-state index contributed by atoms with van der Waals surface area (Å²) in [5, 5.41) is 0. The predicted octanol–water partition coefficient (Wildman–Crippen LogP) is 4.70. The maximum absolute atomic E-state index is 4.87. The predicted molar refractivity (Wildman–Crippen MR) is 134 cm³/mol. The second-order valence-corrected chi connectivity index (χ2v) is 9.01. The zero-order valence-electron chi connectivity index (χ0n) is 20.1. The van der Waals surface area contributed by atoms with Crippen molar-refractivity contribution in [3.05, 3.63) is 64.6 Å². The van der Waals surface area contributed by atoms with Crippen molar-refractivity contribution in [2.45, 2.75) is 47.1 Å². The van der Waals surface area contributed by atoms with Crippen LogP contribution in [0.5, 0.6) is 0 Å². The van der Waals surface area contributed by atoms with Crippen molar-refractivity contribution < 1.29 is 0 Å². The van der Waals surface area contributed by atoms with Gasteiger partial charge in [0.05, 0.1) is 6.54 Å². The van der Waals surface area contributed by atoms with E-state index in [0.29, 0.717) is 0 Å². The molecule has 2 aromatic heterocycles. The molecule has 0 bridgehead atoms. The standard InChI is InChI=1S/C27H37N5/c1-5-13-30-15-17-31(18-16-30)14-7-8-23-9-11-24(12-10-23)20-32-25(6-2)29-26-21(3)19-22(4)28-27(26)32/h7-12,19H,5-6,13-18,20H2,1-4H3. The van der Waals surface area contributed by atoms with Crippen molar-refractivity contribution in [1.29, 1.82) is 0 Å². The number of piperazine rings is 1. The summed E-state index contributed by atoms with van der Waals surface area (Å²) in [4.78, 5) is 14.8. The summed E-state index contributed by atoms with van der Waals surface area (Å²) in [7, 11) is 0. The van der Waals surface area contributed by atoms with E-state index < -0.39 is 0 Å². The first kappa shape index (κ1) is 22.7. The fourth-order valence-electron chi connectivity index (χ4n) is 4.65. The second-order valence-electron chi connectivity index (χ2n) is 9.01. The number of aromatic nitrogens is 3. The van der Waals surface area contributed by atoms with Gasteiger partial charge in [0.15, 0.2) is 5.65 Å². The first-order valence-corrected chi connectivity index (χ1v) is 12.1. The fraction of sp³-hybridized carbons (Fsp3) is 0.481. The van der Waals surface area contributed by atoms with E-state index in [1.807, 2.05) is 0 Å². The van der Waals surface area contributed by atoms with Crippen LogP contribution in [0.4, 0.5) is 0 Å². The average molecular weight is 432 g/mol. The van der Waals surface area contributed by atoms with Crippen LogP contribution in [0.25, 0.3) is 17.2 Å². The lowest BCUT2D eigenvalue weighted by Crippen LogP contribution is -2.46. The minimum Gasteiger partial charge on any atom is -0.308 e. The van der Waals surface area contributed by atoms with Crippen LogP contribution in [0.3, 0.4) is 0 Å². The van der Waals surface area contributed by atoms with Crippen molar-refractivity contribution >= 4 is 17.2 Å². The molecule has 170 valence electrons. The summed E-state index contributed by atoms with van der Waals surface area (Å²) in [6.45, 7) is 16.4. The van der Waals surface area contributed by atoms with E-state index in [1.165, 1.54) is 55.8 Å². The Bertz CT molecular complexity index is 1060. The van der Waals surface area contributed by atoms with Gasteiger partial charge in [-0.15, -0.1) is 0 Å². The van der Waals surface area contributed by atoms with Gasteiger partial charge >= 0.3 is 0 Å². The number of hydrogen-bond acceptors (Lipinski definition) is 4. The first-order chi connectivity index (χ1) is 15.6. The minimum atomic E-state index is 0.807. The Balaban J connectivity index is 1.39. The highest BCUT2D eigenvalue weighted by Gasteiger charge is 2.15. The van der Waals surface area contributed by atoms with Gasteiger partial charge in [-0.25, -0.2) is 9.97 Å². The van der Waals surface area contributed by atoms with Crippen LogP contribution in [0, 0.1) is 13.8 Å². The van der Waals surface area contributed by atoms with Crippen LogP contribution in [0.1, 0.15) is 48.5 Å². The number of imidazole rings is 1. The SMILES string of the molecule is CCCN1CCN(CC=Cc2ccc(Cn3c(CC)nc4c(C)cc(C)nc43)cc2)CC1. The fourth-order valence-corrected chi connectivity index (χ4v) is 4.65. The van der Waals surface area contributed by atoms with Crippen molar-refractivity contribution in [2.24, 2.45) is 0 Å². The molecule has 5 nitrogen and oxygen atoms in total. The number of pyridine rings is 1. The van der Waals surface area contributed by atoms with Crippen LogP contribution >= 0.6 is 0 Å². The van der Waals surface area contributed by atoms with Gasteiger partial charge in [-0.05, 0) is 49.6 Å². The molecule has 0 aliphatic carbocycles. The number of nitrogens with zero attached hydrogens (tertiary/aromatic N) is 5. The third-order valence-corrected chi connectivity index (χ3v) is 6.42. The number of rotatable bonds is 8. The maximum atomic E-state index is 4.87. The molecule has 0 N–H and O–H groups in total. The van der Waals surface area contributed by atoms with E-state index in [9.17, 15) is 0 Å². The van der Waals surface area contributed by atoms with Crippen molar-refractivity contribution in [3.8, 4) is 0 Å². The van der Waals surface area contributed by atoms with Gasteiger partial charge in [0.25, 0.3) is 0 Å². The summed E-state index contributed by atoms with van der Waals surface area (Å²) in [5.41, 5.74) is 6.82. The van der Waals surface area contributed by atoms with Gasteiger partial charge in [0.1, 0.15) is 11.3 Å². The smallest absolute Gasteiger partial charge is 0.160 e. The molecule has 1 aromatic carbocycles. The molecule has 3 aromatic rings. The molecular weight excluding hydrogens is 394 g/mol. The van der Waals surface area contributed by atoms with Gasteiger partial charge in [0.2, 0.25) is 0 Å². The Kier molecular flexibility index (Phi) is 7.38. The molecule has 1 saturated heterocycles. The molecule has 0 spiro atoms. The third kappa shape index (κ3) is 5.28. The van der Waals surface area contributed by atoms with Gasteiger partial charge in [-0.2, -0.15) is 0 Å². The van der Waals surface area contributed by atoms with Crippen LogP contribution < -0.4 is 0 Å². The molecule has 4 rings (SSSR count). The molecular formula is C27H37N5. The second kappa shape index (κ2) is 10.4. The molecule has 5 heteroatoms. The Morgan fingerprint density at radius 2 is 1.66 bits per heavy atom. The topological polar surface area (TPSA) is 37.2 Å². The molecule has 0 atom stereocenters. The molecule has 0 radical (unpaired) electrons.